The van der Waals surface area contributed by atoms with Crippen molar-refractivity contribution in [1.82, 2.24) is 4.90 Å². The van der Waals surface area contributed by atoms with Crippen LogP contribution >= 0.6 is 11.8 Å². The fourth-order valence-electron chi connectivity index (χ4n) is 4.17. The Morgan fingerprint density at radius 1 is 0.921 bits per heavy atom. The lowest BCUT2D eigenvalue weighted by Crippen LogP contribution is -2.27. The van der Waals surface area contributed by atoms with Crippen LogP contribution in [0.25, 0.3) is 16.8 Å². The maximum Gasteiger partial charge on any atom is 0.293 e. The summed E-state index contributed by atoms with van der Waals surface area (Å²) in [5, 5.41) is 13.1. The molecule has 1 heterocycles. The average molecular weight is 527 g/mol. The van der Waals surface area contributed by atoms with Gasteiger partial charge >= 0.3 is 0 Å². The van der Waals surface area contributed by atoms with Gasteiger partial charge < -0.3 is 9.47 Å². The second kappa shape index (κ2) is 10.8. The van der Waals surface area contributed by atoms with Crippen LogP contribution in [0.4, 0.5) is 10.5 Å². The Balaban J connectivity index is 1.31. The summed E-state index contributed by atoms with van der Waals surface area (Å²) in [6.07, 6.45) is 1.64. The highest BCUT2D eigenvalue weighted by molar-refractivity contribution is 8.18. The summed E-state index contributed by atoms with van der Waals surface area (Å²) in [6.45, 7) is 0.176. The van der Waals surface area contributed by atoms with Crippen molar-refractivity contribution >= 4 is 45.4 Å². The van der Waals surface area contributed by atoms with Gasteiger partial charge in [0.05, 0.1) is 29.0 Å². The van der Waals surface area contributed by atoms with E-state index in [1.165, 1.54) is 18.1 Å². The molecule has 0 saturated carbocycles. The normalized spacial score (nSPS) is 14.3. The van der Waals surface area contributed by atoms with Gasteiger partial charge in [0.2, 0.25) is 0 Å². The van der Waals surface area contributed by atoms with E-state index in [4.69, 9.17) is 9.47 Å². The van der Waals surface area contributed by atoms with Crippen LogP contribution < -0.4 is 9.47 Å². The number of hydrogen-bond acceptors (Lipinski definition) is 7. The smallest absolute Gasteiger partial charge is 0.293 e. The van der Waals surface area contributed by atoms with Gasteiger partial charge in [-0.2, -0.15) is 0 Å². The van der Waals surface area contributed by atoms with Gasteiger partial charge in [-0.05, 0) is 64.0 Å². The van der Waals surface area contributed by atoms with E-state index in [2.05, 4.69) is 0 Å². The van der Waals surface area contributed by atoms with E-state index in [1.54, 1.807) is 42.5 Å². The fraction of sp³-hybridized carbons (Fsp3) is 0.103. The summed E-state index contributed by atoms with van der Waals surface area (Å²) in [7, 11) is 1.48. The minimum Gasteiger partial charge on any atom is -0.493 e. The number of rotatable bonds is 8. The molecule has 4 aromatic rings. The third-order valence-electron chi connectivity index (χ3n) is 6.09. The predicted octanol–water partition coefficient (Wildman–Crippen LogP) is 6.57. The molecule has 8 nitrogen and oxygen atoms in total. The maximum absolute atomic E-state index is 13.1. The van der Waals surface area contributed by atoms with Gasteiger partial charge in [0.25, 0.3) is 16.8 Å². The van der Waals surface area contributed by atoms with Gasteiger partial charge in [-0.1, -0.05) is 54.6 Å². The van der Waals surface area contributed by atoms with Gasteiger partial charge in [0, 0.05) is 6.07 Å². The average Bonchev–Trinajstić information content (AvgIpc) is 3.19. The molecule has 0 aromatic heterocycles. The maximum atomic E-state index is 13.1. The van der Waals surface area contributed by atoms with Crippen LogP contribution in [0.3, 0.4) is 0 Å². The van der Waals surface area contributed by atoms with E-state index in [9.17, 15) is 19.7 Å². The molecule has 1 saturated heterocycles. The first-order valence-electron chi connectivity index (χ1n) is 11.7. The molecule has 0 spiro atoms. The highest BCUT2D eigenvalue weighted by atomic mass is 32.2. The Hall–Kier alpha value is -4.63. The molecule has 190 valence electrons. The van der Waals surface area contributed by atoms with Crippen LogP contribution in [0.15, 0.2) is 89.8 Å². The zero-order chi connectivity index (χ0) is 26.6. The number of nitro groups is 1. The Morgan fingerprint density at radius 2 is 1.68 bits per heavy atom. The van der Waals surface area contributed by atoms with E-state index in [-0.39, 0.29) is 30.0 Å². The number of thioether (sulfide) groups is 1. The second-order valence-electron chi connectivity index (χ2n) is 8.53. The minimum atomic E-state index is -0.452. The summed E-state index contributed by atoms with van der Waals surface area (Å²) in [6, 6.07) is 25.2. The molecule has 0 N–H and O–H groups in total. The van der Waals surface area contributed by atoms with Crippen molar-refractivity contribution in [3.8, 4) is 11.5 Å². The third-order valence-corrected chi connectivity index (χ3v) is 6.99. The Labute approximate surface area is 222 Å². The van der Waals surface area contributed by atoms with Crippen LogP contribution in [0.2, 0.25) is 0 Å². The first kappa shape index (κ1) is 25.0. The minimum absolute atomic E-state index is 0.0134. The molecule has 2 amide bonds. The Bertz CT molecular complexity index is 1600. The van der Waals surface area contributed by atoms with Crippen molar-refractivity contribution < 1.29 is 24.0 Å². The number of para-hydroxylation sites is 1. The number of hydrogen-bond donors (Lipinski definition) is 0. The quantitative estimate of drug-likeness (QED) is 0.145. The largest absolute Gasteiger partial charge is 0.493 e. The molecule has 0 radical (unpaired) electrons. The number of nitro benzene ring substituents is 1. The van der Waals surface area contributed by atoms with Crippen molar-refractivity contribution in [3.05, 3.63) is 117 Å². The molecule has 4 aromatic carbocycles. The summed E-state index contributed by atoms with van der Waals surface area (Å²) >= 11 is 0.892. The van der Waals surface area contributed by atoms with Gasteiger partial charge in [0.15, 0.2) is 11.5 Å². The first-order chi connectivity index (χ1) is 18.4. The van der Waals surface area contributed by atoms with E-state index >= 15 is 0 Å². The molecular weight excluding hydrogens is 504 g/mol. The van der Waals surface area contributed by atoms with Crippen LogP contribution in [0.5, 0.6) is 11.5 Å². The van der Waals surface area contributed by atoms with Crippen molar-refractivity contribution in [2.24, 2.45) is 0 Å². The van der Waals surface area contributed by atoms with E-state index < -0.39 is 4.92 Å². The van der Waals surface area contributed by atoms with Gasteiger partial charge in [-0.3, -0.25) is 24.6 Å². The number of amides is 2. The summed E-state index contributed by atoms with van der Waals surface area (Å²) in [5.74, 6) is 0.434. The van der Waals surface area contributed by atoms with Gasteiger partial charge in [-0.25, -0.2) is 0 Å². The lowest BCUT2D eigenvalue weighted by molar-refractivity contribution is -0.385. The zero-order valence-electron chi connectivity index (χ0n) is 20.3. The molecule has 1 aliphatic rings. The predicted molar refractivity (Wildman–Crippen MR) is 146 cm³/mol. The Kier molecular flexibility index (Phi) is 7.10. The molecule has 1 fully saturated rings. The van der Waals surface area contributed by atoms with Crippen molar-refractivity contribution in [3.63, 3.8) is 0 Å². The van der Waals surface area contributed by atoms with Crippen LogP contribution in [0, 0.1) is 10.1 Å². The number of benzene rings is 4. The number of imide groups is 1. The molecule has 5 rings (SSSR count). The molecular formula is C29H22N2O6S. The van der Waals surface area contributed by atoms with Crippen molar-refractivity contribution in [1.29, 1.82) is 0 Å². The van der Waals surface area contributed by atoms with E-state index in [0.29, 0.717) is 27.5 Å². The van der Waals surface area contributed by atoms with E-state index in [1.807, 2.05) is 42.5 Å². The summed E-state index contributed by atoms with van der Waals surface area (Å²) < 4.78 is 11.2. The topological polar surface area (TPSA) is 99.0 Å². The number of nitrogens with zero attached hydrogens (tertiary/aromatic N) is 2. The lowest BCUT2D eigenvalue weighted by Gasteiger charge is -2.13. The monoisotopic (exact) mass is 526 g/mol. The number of fused-ring (bicyclic) bond motifs is 1. The number of carbonyl (C=O) groups is 2. The van der Waals surface area contributed by atoms with Crippen molar-refractivity contribution in [2.45, 2.75) is 13.2 Å². The van der Waals surface area contributed by atoms with Crippen molar-refractivity contribution in [2.75, 3.05) is 7.11 Å². The highest BCUT2D eigenvalue weighted by Gasteiger charge is 2.35. The first-order valence-corrected chi connectivity index (χ1v) is 12.5. The van der Waals surface area contributed by atoms with Crippen LogP contribution in [-0.4, -0.2) is 28.1 Å². The molecule has 38 heavy (non-hydrogen) atoms. The van der Waals surface area contributed by atoms with Crippen LogP contribution in [0.1, 0.15) is 16.7 Å². The number of methoxy groups -OCH3 is 1. The van der Waals surface area contributed by atoms with Gasteiger partial charge in [-0.15, -0.1) is 0 Å². The van der Waals surface area contributed by atoms with Gasteiger partial charge in [0.1, 0.15) is 6.61 Å². The number of ether oxygens (including phenoxy) is 2. The molecule has 9 heteroatoms. The molecule has 0 unspecified atom stereocenters. The Morgan fingerprint density at radius 3 is 2.47 bits per heavy atom. The molecule has 1 aliphatic heterocycles. The summed E-state index contributed by atoms with van der Waals surface area (Å²) in [4.78, 5) is 38.1. The SMILES string of the molecule is COc1cc(/C=C2\SC(=O)N(Cc3ccc4ccccc4c3)C2=O)ccc1OCc1ccccc1[N+](=O)[O-]. The third kappa shape index (κ3) is 5.23. The zero-order valence-corrected chi connectivity index (χ0v) is 21.1. The van der Waals surface area contributed by atoms with E-state index in [0.717, 1.165) is 28.1 Å². The van der Waals surface area contributed by atoms with Crippen LogP contribution in [-0.2, 0) is 17.9 Å². The lowest BCUT2D eigenvalue weighted by atomic mass is 10.1. The second-order valence-corrected chi connectivity index (χ2v) is 9.53. The molecule has 0 atom stereocenters. The highest BCUT2D eigenvalue weighted by Crippen LogP contribution is 2.36. The standard InChI is InChI=1S/C29H22N2O6S/c1-36-26-15-19(11-13-25(26)37-18-23-8-4-5-9-24(23)31(34)35)16-27-28(32)30(29(33)38-27)17-20-10-12-21-6-2-3-7-22(21)14-20/h2-16H,17-18H2,1H3/b27-16-. The number of carbonyl (C=O) groups excluding carboxylic acids is 2. The molecule has 0 aliphatic carbocycles. The molecule has 0 bridgehead atoms. The summed E-state index contributed by atoms with van der Waals surface area (Å²) in [5.41, 5.74) is 1.93. The fourth-order valence-corrected chi connectivity index (χ4v) is 5.01.